The minimum absolute atomic E-state index is 0.122. The quantitative estimate of drug-likeness (QED) is 0.855. The largest absolute Gasteiger partial charge is 0.380 e. The van der Waals surface area contributed by atoms with E-state index in [2.05, 4.69) is 34.9 Å². The molecule has 0 radical (unpaired) electrons. The molecule has 0 aliphatic heterocycles. The predicted molar refractivity (Wildman–Crippen MR) is 91.5 cm³/mol. The van der Waals surface area contributed by atoms with Gasteiger partial charge < -0.3 is 15.4 Å². The SMILES string of the molecule is COCc1cccc(NC(=O)NCC2(c3ccccc3)CC2)c1. The first kappa shape index (κ1) is 15.6. The van der Waals surface area contributed by atoms with Gasteiger partial charge in [-0.2, -0.15) is 0 Å². The standard InChI is InChI=1S/C19H22N2O2/c1-23-13-15-6-5-9-17(12-15)21-18(22)20-14-19(10-11-19)16-7-3-2-4-8-16/h2-9,12H,10-11,13-14H2,1H3,(H2,20,21,22). The summed E-state index contributed by atoms with van der Waals surface area (Å²) in [5.74, 6) is 0. The van der Waals surface area contributed by atoms with E-state index in [-0.39, 0.29) is 11.4 Å². The second-order valence-electron chi connectivity index (χ2n) is 6.09. The maximum absolute atomic E-state index is 12.1. The molecule has 0 bridgehead atoms. The van der Waals surface area contributed by atoms with Crippen molar-refractivity contribution in [3.8, 4) is 0 Å². The number of hydrogen-bond donors (Lipinski definition) is 2. The van der Waals surface area contributed by atoms with Gasteiger partial charge in [-0.1, -0.05) is 42.5 Å². The summed E-state index contributed by atoms with van der Waals surface area (Å²) in [6.45, 7) is 1.20. The van der Waals surface area contributed by atoms with Crippen molar-refractivity contribution in [1.82, 2.24) is 5.32 Å². The second kappa shape index (κ2) is 6.84. The van der Waals surface area contributed by atoms with Crippen molar-refractivity contribution >= 4 is 11.7 Å². The van der Waals surface area contributed by atoms with E-state index < -0.39 is 0 Å². The second-order valence-corrected chi connectivity index (χ2v) is 6.09. The highest BCUT2D eigenvalue weighted by Crippen LogP contribution is 2.47. The smallest absolute Gasteiger partial charge is 0.319 e. The topological polar surface area (TPSA) is 50.4 Å². The molecule has 2 aromatic carbocycles. The van der Waals surface area contributed by atoms with Crippen LogP contribution in [0.5, 0.6) is 0 Å². The Morgan fingerprint density at radius 2 is 1.91 bits per heavy atom. The van der Waals surface area contributed by atoms with E-state index in [1.807, 2.05) is 30.3 Å². The first-order valence-electron chi connectivity index (χ1n) is 7.90. The number of amides is 2. The summed E-state index contributed by atoms with van der Waals surface area (Å²) in [6, 6.07) is 17.9. The lowest BCUT2D eigenvalue weighted by molar-refractivity contribution is 0.185. The van der Waals surface area contributed by atoms with Crippen LogP contribution in [0.15, 0.2) is 54.6 Å². The zero-order valence-electron chi connectivity index (χ0n) is 13.3. The van der Waals surface area contributed by atoms with Crippen LogP contribution in [0.3, 0.4) is 0 Å². The van der Waals surface area contributed by atoms with E-state index in [1.54, 1.807) is 7.11 Å². The van der Waals surface area contributed by atoms with Gasteiger partial charge in [-0.25, -0.2) is 4.79 Å². The molecule has 1 aliphatic carbocycles. The van der Waals surface area contributed by atoms with E-state index in [0.717, 1.165) is 24.1 Å². The summed E-state index contributed by atoms with van der Waals surface area (Å²) in [7, 11) is 1.66. The van der Waals surface area contributed by atoms with Crippen molar-refractivity contribution in [2.75, 3.05) is 19.0 Å². The molecule has 120 valence electrons. The Morgan fingerprint density at radius 3 is 2.61 bits per heavy atom. The van der Waals surface area contributed by atoms with Crippen molar-refractivity contribution < 1.29 is 9.53 Å². The Balaban J connectivity index is 1.55. The average Bonchev–Trinajstić information content (AvgIpc) is 3.36. The highest BCUT2D eigenvalue weighted by atomic mass is 16.5. The number of hydrogen-bond acceptors (Lipinski definition) is 2. The summed E-state index contributed by atoms with van der Waals surface area (Å²) in [4.78, 5) is 12.1. The lowest BCUT2D eigenvalue weighted by atomic mass is 9.96. The molecule has 4 heteroatoms. The maximum atomic E-state index is 12.1. The van der Waals surface area contributed by atoms with E-state index in [4.69, 9.17) is 4.74 Å². The number of urea groups is 1. The number of carbonyl (C=O) groups is 1. The van der Waals surface area contributed by atoms with E-state index in [9.17, 15) is 4.79 Å². The summed E-state index contributed by atoms with van der Waals surface area (Å²) >= 11 is 0. The van der Waals surface area contributed by atoms with Crippen LogP contribution < -0.4 is 10.6 Å². The molecular weight excluding hydrogens is 288 g/mol. The van der Waals surface area contributed by atoms with Gasteiger partial charge in [0.25, 0.3) is 0 Å². The number of benzene rings is 2. The van der Waals surface area contributed by atoms with Gasteiger partial charge in [-0.05, 0) is 36.1 Å². The third kappa shape index (κ3) is 3.90. The fourth-order valence-electron chi connectivity index (χ4n) is 2.84. The molecule has 0 heterocycles. The molecule has 2 amide bonds. The lowest BCUT2D eigenvalue weighted by Crippen LogP contribution is -2.35. The third-order valence-corrected chi connectivity index (χ3v) is 4.32. The van der Waals surface area contributed by atoms with Crippen molar-refractivity contribution in [2.24, 2.45) is 0 Å². The van der Waals surface area contributed by atoms with E-state index in [1.165, 1.54) is 5.56 Å². The van der Waals surface area contributed by atoms with Crippen LogP contribution >= 0.6 is 0 Å². The first-order valence-corrected chi connectivity index (χ1v) is 7.90. The van der Waals surface area contributed by atoms with Gasteiger partial charge in [-0.15, -0.1) is 0 Å². The van der Waals surface area contributed by atoms with Crippen molar-refractivity contribution in [2.45, 2.75) is 24.9 Å². The van der Waals surface area contributed by atoms with Crippen LogP contribution in [0.4, 0.5) is 10.5 Å². The molecule has 1 aliphatic rings. The maximum Gasteiger partial charge on any atom is 0.319 e. The molecule has 2 N–H and O–H groups in total. The van der Waals surface area contributed by atoms with Crippen LogP contribution in [0.25, 0.3) is 0 Å². The molecule has 1 fully saturated rings. The Labute approximate surface area is 136 Å². The number of methoxy groups -OCH3 is 1. The predicted octanol–water partition coefficient (Wildman–Crippen LogP) is 3.69. The number of carbonyl (C=O) groups excluding carboxylic acids is 1. The van der Waals surface area contributed by atoms with Crippen LogP contribution in [0, 0.1) is 0 Å². The Bertz CT molecular complexity index is 666. The van der Waals surface area contributed by atoms with Gasteiger partial charge in [0.1, 0.15) is 0 Å². The van der Waals surface area contributed by atoms with Gasteiger partial charge in [0, 0.05) is 24.8 Å². The normalized spacial score (nSPS) is 15.0. The van der Waals surface area contributed by atoms with E-state index in [0.29, 0.717) is 13.2 Å². The van der Waals surface area contributed by atoms with Gasteiger partial charge >= 0.3 is 6.03 Å². The molecular formula is C19H22N2O2. The summed E-state index contributed by atoms with van der Waals surface area (Å²) in [5, 5.41) is 5.89. The zero-order valence-corrected chi connectivity index (χ0v) is 13.3. The molecule has 23 heavy (non-hydrogen) atoms. The third-order valence-electron chi connectivity index (χ3n) is 4.32. The van der Waals surface area contributed by atoms with E-state index >= 15 is 0 Å². The summed E-state index contributed by atoms with van der Waals surface area (Å²) in [5.41, 5.74) is 3.24. The first-order chi connectivity index (χ1) is 11.2. The summed E-state index contributed by atoms with van der Waals surface area (Å²) in [6.07, 6.45) is 2.25. The number of anilines is 1. The van der Waals surface area contributed by atoms with Crippen LogP contribution in [-0.2, 0) is 16.8 Å². The highest BCUT2D eigenvalue weighted by Gasteiger charge is 2.44. The number of rotatable bonds is 6. The fraction of sp³-hybridized carbons (Fsp3) is 0.316. The van der Waals surface area contributed by atoms with Crippen LogP contribution in [0.2, 0.25) is 0 Å². The minimum atomic E-state index is -0.165. The molecule has 0 unspecified atom stereocenters. The molecule has 0 saturated heterocycles. The Hall–Kier alpha value is -2.33. The monoisotopic (exact) mass is 310 g/mol. The van der Waals surface area contributed by atoms with Crippen molar-refractivity contribution in [3.05, 3.63) is 65.7 Å². The molecule has 3 rings (SSSR count). The molecule has 0 aromatic heterocycles. The van der Waals surface area contributed by atoms with Gasteiger partial charge in [-0.3, -0.25) is 0 Å². The molecule has 2 aromatic rings. The van der Waals surface area contributed by atoms with Crippen LogP contribution in [-0.4, -0.2) is 19.7 Å². The summed E-state index contributed by atoms with van der Waals surface area (Å²) < 4.78 is 5.11. The zero-order chi connectivity index (χ0) is 16.1. The van der Waals surface area contributed by atoms with Crippen molar-refractivity contribution in [1.29, 1.82) is 0 Å². The average molecular weight is 310 g/mol. The Kier molecular flexibility index (Phi) is 4.63. The lowest BCUT2D eigenvalue weighted by Gasteiger charge is -2.17. The number of ether oxygens (including phenoxy) is 1. The number of nitrogens with one attached hydrogen (secondary N) is 2. The highest BCUT2D eigenvalue weighted by molar-refractivity contribution is 5.89. The molecule has 4 nitrogen and oxygen atoms in total. The van der Waals surface area contributed by atoms with Crippen LogP contribution in [0.1, 0.15) is 24.0 Å². The van der Waals surface area contributed by atoms with Crippen molar-refractivity contribution in [3.63, 3.8) is 0 Å². The minimum Gasteiger partial charge on any atom is -0.380 e. The van der Waals surface area contributed by atoms with Gasteiger partial charge in [0.2, 0.25) is 0 Å². The fourth-order valence-corrected chi connectivity index (χ4v) is 2.84. The van der Waals surface area contributed by atoms with Gasteiger partial charge in [0.15, 0.2) is 0 Å². The molecule has 0 spiro atoms. The van der Waals surface area contributed by atoms with Gasteiger partial charge in [0.05, 0.1) is 6.61 Å². The molecule has 1 saturated carbocycles. The Morgan fingerprint density at radius 1 is 1.13 bits per heavy atom. The molecule has 0 atom stereocenters.